The van der Waals surface area contributed by atoms with Crippen molar-refractivity contribution in [3.8, 4) is 0 Å². The number of amides is 1. The summed E-state index contributed by atoms with van der Waals surface area (Å²) in [6, 6.07) is 0.352. The van der Waals surface area contributed by atoms with Crippen molar-refractivity contribution in [2.75, 3.05) is 39.8 Å². The Morgan fingerprint density at radius 1 is 1.32 bits per heavy atom. The molecule has 146 valence electrons. The first kappa shape index (κ1) is 24.1. The van der Waals surface area contributed by atoms with Crippen LogP contribution in [-0.2, 0) is 0 Å². The number of carbonyl (C=O) groups is 1. The van der Waals surface area contributed by atoms with Gasteiger partial charge in [0.25, 0.3) is 5.91 Å². The molecule has 2 heterocycles. The number of piperidine rings is 1. The summed E-state index contributed by atoms with van der Waals surface area (Å²) in [5.41, 5.74) is 1.33. The first-order chi connectivity index (χ1) is 11.1. The maximum absolute atomic E-state index is 12.3. The quantitative estimate of drug-likeness (QED) is 0.702. The van der Waals surface area contributed by atoms with E-state index in [1.54, 1.807) is 0 Å². The van der Waals surface area contributed by atoms with Gasteiger partial charge in [-0.1, -0.05) is 18.6 Å². The highest BCUT2D eigenvalue weighted by Gasteiger charge is 2.22. The number of nitrogens with one attached hydrogen (secondary N) is 2. The van der Waals surface area contributed by atoms with Gasteiger partial charge in [0.05, 0.1) is 11.7 Å². The molecule has 1 aliphatic rings. The van der Waals surface area contributed by atoms with E-state index in [1.807, 2.05) is 11.6 Å². The summed E-state index contributed by atoms with van der Waals surface area (Å²) >= 11 is 0. The minimum Gasteiger partial charge on any atom is -0.349 e. The predicted octanol–water partition coefficient (Wildman–Crippen LogP) is 1.82. The van der Waals surface area contributed by atoms with Crippen molar-refractivity contribution in [3.05, 3.63) is 11.4 Å². The highest BCUT2D eigenvalue weighted by atomic mass is 35.5. The largest absolute Gasteiger partial charge is 0.349 e. The number of likely N-dealkylation sites (N-methyl/N-ethyl adjacent to an activating group) is 1. The van der Waals surface area contributed by atoms with E-state index in [0.717, 1.165) is 44.7 Å². The molecule has 7 nitrogen and oxygen atoms in total. The van der Waals surface area contributed by atoms with Crippen LogP contribution in [0.25, 0.3) is 0 Å². The van der Waals surface area contributed by atoms with Crippen LogP contribution < -0.4 is 10.6 Å². The minimum absolute atomic E-state index is 0. The lowest BCUT2D eigenvalue weighted by atomic mass is 10.1. The van der Waals surface area contributed by atoms with E-state index >= 15 is 0 Å². The number of aromatic nitrogens is 3. The van der Waals surface area contributed by atoms with Crippen LogP contribution in [0.4, 0.5) is 0 Å². The Kier molecular flexibility index (Phi) is 12.0. The van der Waals surface area contributed by atoms with Crippen LogP contribution in [0.15, 0.2) is 0 Å². The maximum Gasteiger partial charge on any atom is 0.273 e. The lowest BCUT2D eigenvalue weighted by Gasteiger charge is -2.23. The van der Waals surface area contributed by atoms with Gasteiger partial charge >= 0.3 is 0 Å². The highest BCUT2D eigenvalue weighted by molar-refractivity contribution is 5.93. The van der Waals surface area contributed by atoms with Gasteiger partial charge in [-0.05, 0) is 52.9 Å². The Morgan fingerprint density at radius 2 is 2.00 bits per heavy atom. The molecule has 0 radical (unpaired) electrons. The smallest absolute Gasteiger partial charge is 0.273 e. The Balaban J connectivity index is 0.00000288. The van der Waals surface area contributed by atoms with Gasteiger partial charge in [-0.3, -0.25) is 4.79 Å². The molecule has 1 aromatic heterocycles. The summed E-state index contributed by atoms with van der Waals surface area (Å²) in [6.45, 7) is 8.67. The Hall–Kier alpha value is -0.890. The summed E-state index contributed by atoms with van der Waals surface area (Å²) in [5, 5.41) is 14.6. The second kappa shape index (κ2) is 12.5. The predicted molar refractivity (Wildman–Crippen MR) is 105 cm³/mol. The second-order valence-electron chi connectivity index (χ2n) is 6.36. The van der Waals surface area contributed by atoms with E-state index in [-0.39, 0.29) is 30.7 Å². The van der Waals surface area contributed by atoms with Crippen molar-refractivity contribution >= 4 is 30.7 Å². The van der Waals surface area contributed by atoms with E-state index in [9.17, 15) is 4.79 Å². The van der Waals surface area contributed by atoms with Gasteiger partial charge in [0, 0.05) is 13.1 Å². The molecule has 1 aliphatic heterocycles. The third-order valence-corrected chi connectivity index (χ3v) is 4.47. The van der Waals surface area contributed by atoms with Gasteiger partial charge in [-0.2, -0.15) is 0 Å². The zero-order valence-electron chi connectivity index (χ0n) is 15.5. The van der Waals surface area contributed by atoms with Gasteiger partial charge in [-0.15, -0.1) is 29.9 Å². The molecule has 0 spiro atoms. The second-order valence-corrected chi connectivity index (χ2v) is 6.36. The first-order valence-corrected chi connectivity index (χ1v) is 8.72. The van der Waals surface area contributed by atoms with Crippen molar-refractivity contribution in [3.63, 3.8) is 0 Å². The van der Waals surface area contributed by atoms with Gasteiger partial charge in [0.15, 0.2) is 5.69 Å². The summed E-state index contributed by atoms with van der Waals surface area (Å²) in [5.74, 6) is -0.119. The average Bonchev–Trinajstić information content (AvgIpc) is 2.95. The van der Waals surface area contributed by atoms with Crippen LogP contribution in [0.1, 0.15) is 54.8 Å². The number of nitrogens with zero attached hydrogens (tertiary/aromatic N) is 4. The molecule has 2 N–H and O–H groups in total. The summed E-state index contributed by atoms with van der Waals surface area (Å²) in [7, 11) is 2.08. The number of hydrogen-bond acceptors (Lipinski definition) is 5. The fraction of sp³-hybridized carbons (Fsp3) is 0.812. The van der Waals surface area contributed by atoms with Crippen LogP contribution in [-0.4, -0.2) is 65.6 Å². The zero-order valence-corrected chi connectivity index (χ0v) is 17.1. The molecular weight excluding hydrogens is 363 g/mol. The molecule has 1 fully saturated rings. The van der Waals surface area contributed by atoms with Crippen molar-refractivity contribution in [1.29, 1.82) is 0 Å². The molecule has 0 aromatic carbocycles. The van der Waals surface area contributed by atoms with Gasteiger partial charge in [0.2, 0.25) is 0 Å². The van der Waals surface area contributed by atoms with E-state index in [0.29, 0.717) is 18.3 Å². The normalized spacial score (nSPS) is 14.7. The summed E-state index contributed by atoms with van der Waals surface area (Å²) < 4.78 is 1.92. The molecule has 0 atom stereocenters. The van der Waals surface area contributed by atoms with Crippen LogP contribution >= 0.6 is 24.8 Å². The molecule has 0 saturated carbocycles. The zero-order chi connectivity index (χ0) is 16.7. The topological polar surface area (TPSA) is 75.1 Å². The molecule has 2 rings (SSSR count). The van der Waals surface area contributed by atoms with E-state index < -0.39 is 0 Å². The van der Waals surface area contributed by atoms with Crippen molar-refractivity contribution in [1.82, 2.24) is 30.5 Å². The summed E-state index contributed by atoms with van der Waals surface area (Å²) in [4.78, 5) is 14.5. The highest BCUT2D eigenvalue weighted by Crippen LogP contribution is 2.20. The third-order valence-electron chi connectivity index (χ3n) is 4.47. The van der Waals surface area contributed by atoms with Gasteiger partial charge < -0.3 is 15.5 Å². The SMILES string of the molecule is CCCCN(C)CCNC(=O)c1nnn(C2CCNCC2)c1C.Cl.Cl. The molecular formula is C16H32Cl2N6O. The van der Waals surface area contributed by atoms with E-state index in [2.05, 4.69) is 39.8 Å². The Bertz CT molecular complexity index is 505. The molecule has 0 bridgehead atoms. The molecule has 1 saturated heterocycles. The minimum atomic E-state index is -0.119. The van der Waals surface area contributed by atoms with Crippen molar-refractivity contribution in [2.45, 2.75) is 45.6 Å². The number of hydrogen-bond donors (Lipinski definition) is 2. The Labute approximate surface area is 163 Å². The molecule has 25 heavy (non-hydrogen) atoms. The van der Waals surface area contributed by atoms with E-state index in [4.69, 9.17) is 0 Å². The van der Waals surface area contributed by atoms with Crippen molar-refractivity contribution in [2.24, 2.45) is 0 Å². The number of halogens is 2. The summed E-state index contributed by atoms with van der Waals surface area (Å²) in [6.07, 6.45) is 4.45. The van der Waals surface area contributed by atoms with E-state index in [1.165, 1.54) is 12.8 Å². The van der Waals surface area contributed by atoms with Gasteiger partial charge in [0.1, 0.15) is 0 Å². The maximum atomic E-state index is 12.3. The first-order valence-electron chi connectivity index (χ1n) is 8.72. The standard InChI is InChI=1S/C16H30N6O.2ClH/c1-4-5-11-21(3)12-10-18-16(23)15-13(2)22(20-19-15)14-6-8-17-9-7-14;;/h14,17H,4-12H2,1-3H3,(H,18,23);2*1H. The number of unbranched alkanes of at least 4 members (excludes halogenated alkanes) is 1. The van der Waals surface area contributed by atoms with Crippen LogP contribution in [0.5, 0.6) is 0 Å². The van der Waals surface area contributed by atoms with Crippen LogP contribution in [0.3, 0.4) is 0 Å². The van der Waals surface area contributed by atoms with Gasteiger partial charge in [-0.25, -0.2) is 4.68 Å². The van der Waals surface area contributed by atoms with Crippen LogP contribution in [0, 0.1) is 6.92 Å². The Morgan fingerprint density at radius 3 is 2.64 bits per heavy atom. The monoisotopic (exact) mass is 394 g/mol. The average molecular weight is 395 g/mol. The lowest BCUT2D eigenvalue weighted by molar-refractivity contribution is 0.0944. The van der Waals surface area contributed by atoms with Crippen molar-refractivity contribution < 1.29 is 4.79 Å². The fourth-order valence-corrected chi connectivity index (χ4v) is 2.93. The number of carbonyl (C=O) groups excluding carboxylic acids is 1. The lowest BCUT2D eigenvalue weighted by Crippen LogP contribution is -2.34. The third kappa shape index (κ3) is 7.09. The molecule has 1 aromatic rings. The molecule has 0 aliphatic carbocycles. The van der Waals surface area contributed by atoms with Crippen LogP contribution in [0.2, 0.25) is 0 Å². The fourth-order valence-electron chi connectivity index (χ4n) is 2.93. The molecule has 1 amide bonds. The molecule has 0 unspecified atom stereocenters. The molecule has 9 heteroatoms. The number of rotatable bonds is 8.